The number of urea groups is 1. The molecule has 0 saturated carbocycles. The number of primary amides is 1. The summed E-state index contributed by atoms with van der Waals surface area (Å²) in [5.41, 5.74) is 6.16. The van der Waals surface area contributed by atoms with Gasteiger partial charge >= 0.3 is 6.03 Å². The second kappa shape index (κ2) is 11.7. The Labute approximate surface area is 201 Å². The van der Waals surface area contributed by atoms with Crippen molar-refractivity contribution in [2.24, 2.45) is 11.7 Å². The third-order valence-corrected chi connectivity index (χ3v) is 6.76. The van der Waals surface area contributed by atoms with Crippen molar-refractivity contribution >= 4 is 51.7 Å². The number of carbonyl (C=O) groups excluding carboxylic acids is 2. The molecule has 3 amide bonds. The number of hydrogen-bond acceptors (Lipinski definition) is 6. The summed E-state index contributed by atoms with van der Waals surface area (Å²) in [6.45, 7) is 5.83. The predicted octanol–water partition coefficient (Wildman–Crippen LogP) is 4.37. The van der Waals surface area contributed by atoms with Gasteiger partial charge < -0.3 is 20.7 Å². The zero-order valence-electron chi connectivity index (χ0n) is 17.8. The van der Waals surface area contributed by atoms with E-state index in [-0.39, 0.29) is 23.1 Å². The highest BCUT2D eigenvalue weighted by Crippen LogP contribution is 2.32. The predicted molar refractivity (Wildman–Crippen MR) is 128 cm³/mol. The summed E-state index contributed by atoms with van der Waals surface area (Å²) >= 11 is 13.1. The second-order valence-corrected chi connectivity index (χ2v) is 9.42. The molecule has 1 saturated heterocycles. The number of piperidine rings is 1. The first-order valence-electron chi connectivity index (χ1n) is 10.5. The van der Waals surface area contributed by atoms with Crippen LogP contribution in [0.2, 0.25) is 10.0 Å². The standard InChI is InChI=1S/C21H27Cl2N5O3S/c1-13(11-28-8-3-2-4-9-28)10-25-21(30)26-20-16(18(24)29)19(27-32-20)31-12-14-6-5-7-15(22)17(14)23/h5-7,13H,2-4,8-12H2,1H3,(H2,24,29)(H2,25,26,30). The van der Waals surface area contributed by atoms with E-state index in [0.717, 1.165) is 31.2 Å². The fourth-order valence-electron chi connectivity index (χ4n) is 3.54. The molecular formula is C21H27Cl2N5O3S. The van der Waals surface area contributed by atoms with Crippen molar-refractivity contribution in [3.05, 3.63) is 39.4 Å². The lowest BCUT2D eigenvalue weighted by atomic mass is 10.1. The normalized spacial score (nSPS) is 15.2. The lowest BCUT2D eigenvalue weighted by Gasteiger charge is -2.29. The first-order valence-corrected chi connectivity index (χ1v) is 12.0. The molecule has 3 rings (SSSR count). The number of aromatic nitrogens is 1. The summed E-state index contributed by atoms with van der Waals surface area (Å²) in [5, 5.41) is 6.49. The molecule has 1 unspecified atom stereocenters. The zero-order chi connectivity index (χ0) is 23.1. The van der Waals surface area contributed by atoms with Gasteiger partial charge in [0.25, 0.3) is 5.91 Å². The number of amides is 3. The highest BCUT2D eigenvalue weighted by atomic mass is 35.5. The van der Waals surface area contributed by atoms with Gasteiger partial charge in [0.15, 0.2) is 0 Å². The molecule has 1 aromatic carbocycles. The number of ether oxygens (including phenoxy) is 1. The minimum Gasteiger partial charge on any atom is -0.472 e. The van der Waals surface area contributed by atoms with Crippen LogP contribution in [0.5, 0.6) is 5.88 Å². The molecule has 1 fully saturated rings. The molecule has 0 aliphatic carbocycles. The molecule has 1 aromatic heterocycles. The smallest absolute Gasteiger partial charge is 0.319 e. The largest absolute Gasteiger partial charge is 0.472 e. The fraction of sp³-hybridized carbons (Fsp3) is 0.476. The van der Waals surface area contributed by atoms with Crippen molar-refractivity contribution in [1.29, 1.82) is 0 Å². The topological polar surface area (TPSA) is 110 Å². The second-order valence-electron chi connectivity index (χ2n) is 7.86. The molecule has 2 aromatic rings. The Morgan fingerprint density at radius 1 is 1.28 bits per heavy atom. The molecule has 32 heavy (non-hydrogen) atoms. The number of carbonyl (C=O) groups is 2. The molecule has 174 valence electrons. The molecular weight excluding hydrogens is 473 g/mol. The van der Waals surface area contributed by atoms with Crippen LogP contribution in [0.4, 0.5) is 9.80 Å². The Hall–Kier alpha value is -2.07. The maximum atomic E-state index is 12.4. The van der Waals surface area contributed by atoms with E-state index in [9.17, 15) is 9.59 Å². The number of nitrogens with two attached hydrogens (primary N) is 1. The maximum absolute atomic E-state index is 12.4. The van der Waals surface area contributed by atoms with Crippen LogP contribution in [0.1, 0.15) is 42.1 Å². The third-order valence-electron chi connectivity index (χ3n) is 5.16. The van der Waals surface area contributed by atoms with Crippen molar-refractivity contribution in [3.8, 4) is 5.88 Å². The van der Waals surface area contributed by atoms with Crippen LogP contribution in [-0.2, 0) is 6.61 Å². The van der Waals surface area contributed by atoms with Gasteiger partial charge in [0.2, 0.25) is 5.88 Å². The fourth-order valence-corrected chi connectivity index (χ4v) is 4.65. The first kappa shape index (κ1) is 24.6. The van der Waals surface area contributed by atoms with Gasteiger partial charge in [-0.05, 0) is 49.4 Å². The molecule has 0 radical (unpaired) electrons. The molecule has 8 nitrogen and oxygen atoms in total. The van der Waals surface area contributed by atoms with Gasteiger partial charge in [0.05, 0.1) is 10.0 Å². The summed E-state index contributed by atoms with van der Waals surface area (Å²) in [7, 11) is 0. The quantitative estimate of drug-likeness (QED) is 0.474. The highest BCUT2D eigenvalue weighted by Gasteiger charge is 2.23. The van der Waals surface area contributed by atoms with Crippen LogP contribution < -0.4 is 21.1 Å². The van der Waals surface area contributed by atoms with Crippen molar-refractivity contribution < 1.29 is 14.3 Å². The van der Waals surface area contributed by atoms with Crippen LogP contribution in [0.3, 0.4) is 0 Å². The SMILES string of the molecule is CC(CNC(=O)Nc1snc(OCc2cccc(Cl)c2Cl)c1C(N)=O)CN1CCCCC1. The van der Waals surface area contributed by atoms with Crippen LogP contribution in [0.15, 0.2) is 18.2 Å². The van der Waals surface area contributed by atoms with Gasteiger partial charge in [0.1, 0.15) is 17.2 Å². The number of rotatable bonds is 9. The molecule has 2 heterocycles. The maximum Gasteiger partial charge on any atom is 0.319 e. The minimum absolute atomic E-state index is 0.0182. The number of hydrogen-bond donors (Lipinski definition) is 3. The van der Waals surface area contributed by atoms with E-state index in [1.165, 1.54) is 19.3 Å². The van der Waals surface area contributed by atoms with E-state index in [0.29, 0.717) is 28.1 Å². The van der Waals surface area contributed by atoms with Crippen LogP contribution in [0, 0.1) is 5.92 Å². The average Bonchev–Trinajstić information content (AvgIpc) is 3.16. The minimum atomic E-state index is -0.750. The van der Waals surface area contributed by atoms with Gasteiger partial charge in [-0.15, -0.1) is 0 Å². The van der Waals surface area contributed by atoms with Crippen LogP contribution in [-0.4, -0.2) is 47.4 Å². The summed E-state index contributed by atoms with van der Waals surface area (Å²) < 4.78 is 9.77. The van der Waals surface area contributed by atoms with E-state index in [4.69, 9.17) is 33.7 Å². The van der Waals surface area contributed by atoms with E-state index < -0.39 is 11.9 Å². The van der Waals surface area contributed by atoms with Gasteiger partial charge in [-0.1, -0.05) is 48.7 Å². The van der Waals surface area contributed by atoms with Crippen molar-refractivity contribution in [2.45, 2.75) is 32.8 Å². The van der Waals surface area contributed by atoms with Crippen molar-refractivity contribution in [1.82, 2.24) is 14.6 Å². The molecule has 1 atom stereocenters. The monoisotopic (exact) mass is 499 g/mol. The molecule has 11 heteroatoms. The van der Waals surface area contributed by atoms with Gasteiger partial charge in [-0.3, -0.25) is 10.1 Å². The van der Waals surface area contributed by atoms with E-state index >= 15 is 0 Å². The number of anilines is 1. The van der Waals surface area contributed by atoms with Gasteiger partial charge in [0, 0.05) is 18.7 Å². The number of benzene rings is 1. The number of nitrogens with zero attached hydrogens (tertiary/aromatic N) is 2. The lowest BCUT2D eigenvalue weighted by Crippen LogP contribution is -2.39. The zero-order valence-corrected chi connectivity index (χ0v) is 20.2. The Balaban J connectivity index is 1.55. The average molecular weight is 500 g/mol. The van der Waals surface area contributed by atoms with Crippen molar-refractivity contribution in [2.75, 3.05) is 31.5 Å². The molecule has 0 spiro atoms. The summed E-state index contributed by atoms with van der Waals surface area (Å²) in [6.07, 6.45) is 3.76. The molecule has 1 aliphatic heterocycles. The summed E-state index contributed by atoms with van der Waals surface area (Å²) in [6, 6.07) is 4.74. The molecule has 0 bridgehead atoms. The molecule has 1 aliphatic rings. The Kier molecular flexibility index (Phi) is 8.98. The lowest BCUT2D eigenvalue weighted by molar-refractivity contribution is 0.0996. The Morgan fingerprint density at radius 2 is 2.03 bits per heavy atom. The van der Waals surface area contributed by atoms with Gasteiger partial charge in [-0.25, -0.2) is 4.79 Å². The van der Waals surface area contributed by atoms with Crippen LogP contribution in [0.25, 0.3) is 0 Å². The number of nitrogens with one attached hydrogen (secondary N) is 2. The number of likely N-dealkylation sites (tertiary alicyclic amines) is 1. The first-order chi connectivity index (χ1) is 15.3. The van der Waals surface area contributed by atoms with Crippen molar-refractivity contribution in [3.63, 3.8) is 0 Å². The summed E-state index contributed by atoms with van der Waals surface area (Å²) in [4.78, 5) is 26.8. The molecule has 4 N–H and O–H groups in total. The summed E-state index contributed by atoms with van der Waals surface area (Å²) in [5.74, 6) is -0.413. The van der Waals surface area contributed by atoms with Crippen LogP contribution >= 0.6 is 34.7 Å². The Bertz CT molecular complexity index is 950. The highest BCUT2D eigenvalue weighted by molar-refractivity contribution is 7.11. The van der Waals surface area contributed by atoms with E-state index in [1.807, 2.05) is 0 Å². The van der Waals surface area contributed by atoms with Gasteiger partial charge in [-0.2, -0.15) is 4.37 Å². The Morgan fingerprint density at radius 3 is 2.75 bits per heavy atom. The third kappa shape index (κ3) is 6.71. The van der Waals surface area contributed by atoms with E-state index in [1.54, 1.807) is 18.2 Å². The van der Waals surface area contributed by atoms with E-state index in [2.05, 4.69) is 26.8 Å². The number of halogens is 2.